The number of fused-ring (bicyclic) bond motifs is 2. The highest BCUT2D eigenvalue weighted by Gasteiger charge is 2.50. The summed E-state index contributed by atoms with van der Waals surface area (Å²) >= 11 is 0. The lowest BCUT2D eigenvalue weighted by Crippen LogP contribution is -2.60. The summed E-state index contributed by atoms with van der Waals surface area (Å²) < 4.78 is 29.5. The lowest BCUT2D eigenvalue weighted by molar-refractivity contribution is -0.302. The zero-order valence-electron chi connectivity index (χ0n) is 25.4. The molecular weight excluding hydrogens is 524 g/mol. The van der Waals surface area contributed by atoms with Gasteiger partial charge in [0.15, 0.2) is 12.4 Å². The van der Waals surface area contributed by atoms with Gasteiger partial charge in [0.25, 0.3) is 0 Å². The number of carbonyl (C=O) groups is 2. The molecule has 40 heavy (non-hydrogen) atoms. The fourth-order valence-electron chi connectivity index (χ4n) is 6.40. The van der Waals surface area contributed by atoms with Crippen molar-refractivity contribution in [3.63, 3.8) is 0 Å². The van der Waals surface area contributed by atoms with E-state index in [0.29, 0.717) is 6.42 Å². The van der Waals surface area contributed by atoms with Gasteiger partial charge < -0.3 is 43.9 Å². The third-order valence-electron chi connectivity index (χ3n) is 9.13. The van der Waals surface area contributed by atoms with Gasteiger partial charge >= 0.3 is 12.1 Å². The summed E-state index contributed by atoms with van der Waals surface area (Å²) in [7, 11) is 5.29. The Hall–Kier alpha value is -1.54. The second-order valence-corrected chi connectivity index (χ2v) is 12.5. The molecule has 3 saturated heterocycles. The number of esters is 1. The minimum atomic E-state index is -1.21. The normalized spacial score (nSPS) is 46.0. The fraction of sp³-hybridized carbons (Fsp3) is 0.929. The number of hydrogen-bond donors (Lipinski definition) is 3. The van der Waals surface area contributed by atoms with E-state index in [1.807, 2.05) is 39.8 Å². The minimum absolute atomic E-state index is 0.0727. The van der Waals surface area contributed by atoms with Crippen LogP contribution in [0.3, 0.4) is 0 Å². The highest BCUT2D eigenvalue weighted by molar-refractivity contribution is 5.73. The number of aliphatic hydroxyl groups excluding tert-OH is 3. The summed E-state index contributed by atoms with van der Waals surface area (Å²) in [5.41, 5.74) is -1.10. The average Bonchev–Trinajstić information content (AvgIpc) is 2.91. The first kappa shape index (κ1) is 33.0. The van der Waals surface area contributed by atoms with Gasteiger partial charge in [-0.15, -0.1) is 0 Å². The van der Waals surface area contributed by atoms with Gasteiger partial charge in [-0.3, -0.25) is 9.69 Å². The molecule has 232 valence electrons. The molecule has 12 nitrogen and oxygen atoms in total. The summed E-state index contributed by atoms with van der Waals surface area (Å²) in [5, 5.41) is 34.0. The first-order valence-electron chi connectivity index (χ1n) is 14.3. The first-order valence-corrected chi connectivity index (χ1v) is 14.3. The Labute approximate surface area is 237 Å². The molecule has 0 spiro atoms. The molecule has 0 radical (unpaired) electrons. The van der Waals surface area contributed by atoms with Crippen molar-refractivity contribution >= 4 is 12.1 Å². The number of ether oxygens (including phenoxy) is 5. The zero-order valence-corrected chi connectivity index (χ0v) is 25.4. The van der Waals surface area contributed by atoms with Gasteiger partial charge in [-0.1, -0.05) is 13.8 Å². The largest absolute Gasteiger partial charge is 0.457 e. The standard InChI is InChI=1S/C28H50N2O10/c1-14-11-28(6,36-9)24(40-26-23(33)20(29(7)8)10-15(2)38-26)16(3)22(32)17(4)25(34)39-19-12-30(18(5)21(14)31)27(35)37-13-19/h14-24,26,31-33H,10-13H2,1-9H3/t14-,15-,16+,17-,18+,19+,20+,21+,22+,23-,24-,26+,28+/m1/s1. The SMILES string of the molecule is CO[C@@]1(C)C[C@@H](C)[C@H](O)[C@H](C)N2C[C@@H](COC2=O)OC(=O)[C@H](C)[C@@H](O)[C@H](C)[C@H]1O[C@@H]1O[C@H](C)C[C@H](N(C)C)[C@H]1O. The van der Waals surface area contributed by atoms with Crippen LogP contribution in [0.2, 0.25) is 0 Å². The van der Waals surface area contributed by atoms with Crippen LogP contribution in [0.4, 0.5) is 4.79 Å². The quantitative estimate of drug-likeness (QED) is 0.413. The Morgan fingerprint density at radius 1 is 1.02 bits per heavy atom. The van der Waals surface area contributed by atoms with Crippen LogP contribution in [0.5, 0.6) is 0 Å². The van der Waals surface area contributed by atoms with Gasteiger partial charge in [0.05, 0.1) is 48.5 Å². The first-order chi connectivity index (χ1) is 18.6. The third kappa shape index (κ3) is 6.91. The highest BCUT2D eigenvalue weighted by Crippen LogP contribution is 2.38. The molecule has 3 N–H and O–H groups in total. The van der Waals surface area contributed by atoms with Gasteiger partial charge in [0, 0.05) is 19.1 Å². The maximum atomic E-state index is 13.1. The number of nitrogens with zero attached hydrogens (tertiary/aromatic N) is 2. The van der Waals surface area contributed by atoms with Crippen LogP contribution in [0.1, 0.15) is 54.4 Å². The van der Waals surface area contributed by atoms with E-state index in [-0.39, 0.29) is 31.7 Å². The molecule has 3 fully saturated rings. The van der Waals surface area contributed by atoms with Gasteiger partial charge in [-0.25, -0.2) is 4.79 Å². The molecular formula is C28H50N2O10. The summed E-state index contributed by atoms with van der Waals surface area (Å²) in [6, 6.07) is -0.858. The van der Waals surface area contributed by atoms with E-state index in [9.17, 15) is 24.9 Å². The van der Waals surface area contributed by atoms with Crippen molar-refractivity contribution in [3.8, 4) is 0 Å². The number of aliphatic hydroxyl groups is 3. The van der Waals surface area contributed by atoms with Crippen molar-refractivity contribution in [2.75, 3.05) is 34.4 Å². The summed E-state index contributed by atoms with van der Waals surface area (Å²) in [4.78, 5) is 29.0. The zero-order chi connectivity index (χ0) is 30.1. The smallest absolute Gasteiger partial charge is 0.410 e. The highest BCUT2D eigenvalue weighted by atomic mass is 16.7. The van der Waals surface area contributed by atoms with Crippen LogP contribution in [0.25, 0.3) is 0 Å². The molecule has 0 aromatic heterocycles. The number of methoxy groups -OCH3 is 1. The Kier molecular flexibility index (Phi) is 10.9. The molecule has 2 bridgehead atoms. The fourth-order valence-corrected chi connectivity index (χ4v) is 6.40. The van der Waals surface area contributed by atoms with Crippen LogP contribution < -0.4 is 0 Å². The lowest BCUT2D eigenvalue weighted by atomic mass is 9.76. The molecule has 0 unspecified atom stereocenters. The van der Waals surface area contributed by atoms with Crippen LogP contribution in [-0.2, 0) is 28.5 Å². The monoisotopic (exact) mass is 574 g/mol. The Balaban J connectivity index is 2.01. The van der Waals surface area contributed by atoms with E-state index < -0.39 is 78.3 Å². The van der Waals surface area contributed by atoms with Crippen molar-refractivity contribution in [1.29, 1.82) is 0 Å². The Morgan fingerprint density at radius 3 is 2.27 bits per heavy atom. The molecule has 0 saturated carbocycles. The van der Waals surface area contributed by atoms with Crippen LogP contribution in [0, 0.1) is 17.8 Å². The second-order valence-electron chi connectivity index (χ2n) is 12.5. The van der Waals surface area contributed by atoms with Gasteiger partial charge in [-0.2, -0.15) is 0 Å². The topological polar surface area (TPSA) is 147 Å². The molecule has 13 atom stereocenters. The summed E-state index contributed by atoms with van der Waals surface area (Å²) in [5.74, 6) is -2.66. The van der Waals surface area contributed by atoms with Gasteiger partial charge in [-0.05, 0) is 60.5 Å². The molecule has 3 aliphatic rings. The number of hydrogen-bond acceptors (Lipinski definition) is 11. The van der Waals surface area contributed by atoms with E-state index in [0.717, 1.165) is 0 Å². The number of cyclic esters (lactones) is 1. The molecule has 3 heterocycles. The van der Waals surface area contributed by atoms with Crippen LogP contribution in [-0.4, -0.2) is 132 Å². The number of rotatable bonds is 4. The molecule has 0 aromatic rings. The molecule has 0 aromatic carbocycles. The summed E-state index contributed by atoms with van der Waals surface area (Å²) in [6.45, 7) is 10.6. The van der Waals surface area contributed by atoms with Crippen LogP contribution in [0.15, 0.2) is 0 Å². The number of amides is 1. The predicted molar refractivity (Wildman–Crippen MR) is 144 cm³/mol. The van der Waals surface area contributed by atoms with E-state index in [1.54, 1.807) is 20.8 Å². The van der Waals surface area contributed by atoms with E-state index in [1.165, 1.54) is 12.0 Å². The van der Waals surface area contributed by atoms with Gasteiger partial charge in [0.1, 0.15) is 12.7 Å². The molecule has 3 rings (SSSR count). The second kappa shape index (κ2) is 13.2. The van der Waals surface area contributed by atoms with Gasteiger partial charge in [0.2, 0.25) is 0 Å². The van der Waals surface area contributed by atoms with E-state index in [4.69, 9.17) is 23.7 Å². The predicted octanol–water partition coefficient (Wildman–Crippen LogP) is 0.989. The van der Waals surface area contributed by atoms with E-state index >= 15 is 0 Å². The van der Waals surface area contributed by atoms with Crippen molar-refractivity contribution in [1.82, 2.24) is 9.80 Å². The van der Waals surface area contributed by atoms with Crippen molar-refractivity contribution in [2.45, 2.75) is 115 Å². The third-order valence-corrected chi connectivity index (χ3v) is 9.13. The van der Waals surface area contributed by atoms with Crippen molar-refractivity contribution in [2.24, 2.45) is 17.8 Å². The molecule has 12 heteroatoms. The number of carbonyl (C=O) groups excluding carboxylic acids is 2. The molecule has 1 amide bonds. The maximum Gasteiger partial charge on any atom is 0.410 e. The van der Waals surface area contributed by atoms with Crippen molar-refractivity contribution < 1.29 is 48.6 Å². The van der Waals surface area contributed by atoms with E-state index in [2.05, 4.69) is 0 Å². The minimum Gasteiger partial charge on any atom is -0.457 e. The number of likely N-dealkylation sites (N-methyl/N-ethyl adjacent to an activating group) is 1. The average molecular weight is 575 g/mol. The Morgan fingerprint density at radius 2 is 1.68 bits per heavy atom. The van der Waals surface area contributed by atoms with Crippen molar-refractivity contribution in [3.05, 3.63) is 0 Å². The lowest BCUT2D eigenvalue weighted by Gasteiger charge is -2.48. The molecule has 3 aliphatic heterocycles. The van der Waals surface area contributed by atoms with Crippen LogP contribution >= 0.6 is 0 Å². The Bertz CT molecular complexity index is 876. The molecule has 0 aliphatic carbocycles. The maximum absolute atomic E-state index is 13.1. The summed E-state index contributed by atoms with van der Waals surface area (Å²) in [6.07, 6.45) is -5.70.